The topological polar surface area (TPSA) is 67.4 Å². The molecule has 0 saturated carbocycles. The van der Waals surface area contributed by atoms with Gasteiger partial charge in [0.1, 0.15) is 0 Å². The van der Waals surface area contributed by atoms with Crippen LogP contribution in [0.25, 0.3) is 0 Å². The number of carbonyl (C=O) groups excluding carboxylic acids is 2. The van der Waals surface area contributed by atoms with Crippen LogP contribution in [0.4, 0.5) is 10.5 Å². The Morgan fingerprint density at radius 1 is 1.29 bits per heavy atom. The molecule has 92 valence electrons. The van der Waals surface area contributed by atoms with Crippen LogP contribution in [0.15, 0.2) is 28.7 Å². The molecule has 2 N–H and O–H groups in total. The summed E-state index contributed by atoms with van der Waals surface area (Å²) in [6, 6.07) is 6.83. The summed E-state index contributed by atoms with van der Waals surface area (Å²) >= 11 is 3.30. The Labute approximate surface area is 108 Å². The quantitative estimate of drug-likeness (QED) is 0.837. The molecule has 0 radical (unpaired) electrons. The SMILES string of the molecule is COC(=O)CCNC(=O)Nc1ccc(Br)cc1. The zero-order valence-electron chi connectivity index (χ0n) is 9.33. The Bertz CT molecular complexity index is 392. The highest BCUT2D eigenvalue weighted by molar-refractivity contribution is 9.10. The molecule has 17 heavy (non-hydrogen) atoms. The lowest BCUT2D eigenvalue weighted by molar-refractivity contribution is -0.140. The van der Waals surface area contributed by atoms with Crippen molar-refractivity contribution >= 4 is 33.6 Å². The summed E-state index contributed by atoms with van der Waals surface area (Å²) in [5.74, 6) is -0.353. The van der Waals surface area contributed by atoms with Gasteiger partial charge in [0.2, 0.25) is 0 Å². The number of amides is 2. The number of rotatable bonds is 4. The largest absolute Gasteiger partial charge is 0.469 e. The lowest BCUT2D eigenvalue weighted by atomic mass is 10.3. The Morgan fingerprint density at radius 3 is 2.53 bits per heavy atom. The van der Waals surface area contributed by atoms with Crippen molar-refractivity contribution in [2.45, 2.75) is 6.42 Å². The highest BCUT2D eigenvalue weighted by Crippen LogP contribution is 2.13. The first kappa shape index (κ1) is 13.5. The van der Waals surface area contributed by atoms with Gasteiger partial charge in [0.15, 0.2) is 0 Å². The van der Waals surface area contributed by atoms with E-state index >= 15 is 0 Å². The van der Waals surface area contributed by atoms with Gasteiger partial charge in [-0.15, -0.1) is 0 Å². The normalized spacial score (nSPS) is 9.53. The van der Waals surface area contributed by atoms with E-state index in [9.17, 15) is 9.59 Å². The van der Waals surface area contributed by atoms with Crippen LogP contribution in [-0.2, 0) is 9.53 Å². The Balaban J connectivity index is 2.30. The molecule has 1 aromatic rings. The van der Waals surface area contributed by atoms with Crippen molar-refractivity contribution in [1.82, 2.24) is 5.32 Å². The van der Waals surface area contributed by atoms with Crippen LogP contribution in [0.2, 0.25) is 0 Å². The van der Waals surface area contributed by atoms with E-state index in [2.05, 4.69) is 31.3 Å². The number of esters is 1. The maximum absolute atomic E-state index is 11.4. The Kier molecular flexibility index (Phi) is 5.48. The number of halogens is 1. The molecule has 0 aliphatic rings. The Morgan fingerprint density at radius 2 is 1.94 bits per heavy atom. The molecule has 0 fully saturated rings. The number of urea groups is 1. The van der Waals surface area contributed by atoms with Crippen molar-refractivity contribution in [2.24, 2.45) is 0 Å². The predicted molar refractivity (Wildman–Crippen MR) is 67.8 cm³/mol. The second-order valence-electron chi connectivity index (χ2n) is 3.21. The standard InChI is InChI=1S/C11H13BrN2O3/c1-17-10(15)6-7-13-11(16)14-9-4-2-8(12)3-5-9/h2-5H,6-7H2,1H3,(H2,13,14,16). The lowest BCUT2D eigenvalue weighted by Crippen LogP contribution is -2.30. The summed E-state index contributed by atoms with van der Waals surface area (Å²) in [6.07, 6.45) is 0.157. The van der Waals surface area contributed by atoms with E-state index < -0.39 is 0 Å². The van der Waals surface area contributed by atoms with Gasteiger partial charge >= 0.3 is 12.0 Å². The van der Waals surface area contributed by atoms with Crippen molar-refractivity contribution in [3.05, 3.63) is 28.7 Å². The molecular weight excluding hydrogens is 288 g/mol. The summed E-state index contributed by atoms with van der Waals surface area (Å²) in [7, 11) is 1.31. The van der Waals surface area contributed by atoms with Crippen LogP contribution in [0.1, 0.15) is 6.42 Å². The smallest absolute Gasteiger partial charge is 0.319 e. The molecule has 0 aromatic heterocycles. The van der Waals surface area contributed by atoms with E-state index in [1.165, 1.54) is 7.11 Å². The number of hydrogen-bond acceptors (Lipinski definition) is 3. The third kappa shape index (κ3) is 5.35. The molecule has 5 nitrogen and oxygen atoms in total. The van der Waals surface area contributed by atoms with Gasteiger partial charge in [-0.3, -0.25) is 4.79 Å². The molecule has 0 bridgehead atoms. The third-order valence-electron chi connectivity index (χ3n) is 1.94. The number of anilines is 1. The van der Waals surface area contributed by atoms with Crippen LogP contribution in [-0.4, -0.2) is 25.7 Å². The minimum atomic E-state index is -0.353. The summed E-state index contributed by atoms with van der Waals surface area (Å²) in [5.41, 5.74) is 0.684. The van der Waals surface area contributed by atoms with Gasteiger partial charge in [-0.1, -0.05) is 15.9 Å². The average molecular weight is 301 g/mol. The van der Waals surface area contributed by atoms with Gasteiger partial charge < -0.3 is 15.4 Å². The molecule has 0 heterocycles. The van der Waals surface area contributed by atoms with E-state index in [1.54, 1.807) is 12.1 Å². The lowest BCUT2D eigenvalue weighted by Gasteiger charge is -2.06. The van der Waals surface area contributed by atoms with Crippen LogP contribution < -0.4 is 10.6 Å². The molecule has 6 heteroatoms. The fraction of sp³-hybridized carbons (Fsp3) is 0.273. The second kappa shape index (κ2) is 6.90. The highest BCUT2D eigenvalue weighted by Gasteiger charge is 2.03. The molecule has 0 saturated heterocycles. The zero-order valence-corrected chi connectivity index (χ0v) is 10.9. The number of methoxy groups -OCH3 is 1. The minimum Gasteiger partial charge on any atom is -0.469 e. The Hall–Kier alpha value is -1.56. The molecule has 1 rings (SSSR count). The fourth-order valence-corrected chi connectivity index (χ4v) is 1.35. The molecule has 0 aliphatic carbocycles. The molecule has 0 spiro atoms. The summed E-state index contributed by atoms with van der Waals surface area (Å²) < 4.78 is 5.39. The molecular formula is C11H13BrN2O3. The number of benzene rings is 1. The van der Waals surface area contributed by atoms with E-state index in [4.69, 9.17) is 0 Å². The van der Waals surface area contributed by atoms with Gasteiger partial charge in [-0.05, 0) is 24.3 Å². The van der Waals surface area contributed by atoms with Gasteiger partial charge in [-0.2, -0.15) is 0 Å². The number of carbonyl (C=O) groups is 2. The van der Waals surface area contributed by atoms with E-state index in [-0.39, 0.29) is 25.0 Å². The van der Waals surface area contributed by atoms with Crippen LogP contribution in [0.3, 0.4) is 0 Å². The maximum atomic E-state index is 11.4. The van der Waals surface area contributed by atoms with Crippen molar-refractivity contribution in [1.29, 1.82) is 0 Å². The monoisotopic (exact) mass is 300 g/mol. The van der Waals surface area contributed by atoms with Crippen LogP contribution in [0.5, 0.6) is 0 Å². The van der Waals surface area contributed by atoms with E-state index in [0.717, 1.165) is 4.47 Å². The van der Waals surface area contributed by atoms with Crippen LogP contribution in [0, 0.1) is 0 Å². The van der Waals surface area contributed by atoms with Crippen molar-refractivity contribution in [3.8, 4) is 0 Å². The first-order valence-electron chi connectivity index (χ1n) is 4.99. The first-order chi connectivity index (χ1) is 8.11. The first-order valence-corrected chi connectivity index (χ1v) is 5.78. The zero-order chi connectivity index (χ0) is 12.7. The highest BCUT2D eigenvalue weighted by atomic mass is 79.9. The summed E-state index contributed by atoms with van der Waals surface area (Å²) in [5, 5.41) is 5.19. The number of ether oxygens (including phenoxy) is 1. The minimum absolute atomic E-state index is 0.157. The van der Waals surface area contributed by atoms with E-state index in [0.29, 0.717) is 5.69 Å². The van der Waals surface area contributed by atoms with Crippen LogP contribution >= 0.6 is 15.9 Å². The van der Waals surface area contributed by atoms with E-state index in [1.807, 2.05) is 12.1 Å². The van der Waals surface area contributed by atoms with Crippen molar-refractivity contribution in [3.63, 3.8) is 0 Å². The average Bonchev–Trinajstić information content (AvgIpc) is 2.32. The molecule has 0 unspecified atom stereocenters. The van der Waals surface area contributed by atoms with Gasteiger partial charge in [-0.25, -0.2) is 4.79 Å². The molecule has 1 aromatic carbocycles. The number of hydrogen-bond donors (Lipinski definition) is 2. The third-order valence-corrected chi connectivity index (χ3v) is 2.47. The van der Waals surface area contributed by atoms with Crippen molar-refractivity contribution < 1.29 is 14.3 Å². The number of nitrogens with one attached hydrogen (secondary N) is 2. The fourth-order valence-electron chi connectivity index (χ4n) is 1.09. The maximum Gasteiger partial charge on any atom is 0.319 e. The summed E-state index contributed by atoms with van der Waals surface area (Å²) in [6.45, 7) is 0.245. The van der Waals surface area contributed by atoms with Gasteiger partial charge in [0.25, 0.3) is 0 Å². The second-order valence-corrected chi connectivity index (χ2v) is 4.13. The van der Waals surface area contributed by atoms with Crippen molar-refractivity contribution in [2.75, 3.05) is 19.0 Å². The molecule has 0 aliphatic heterocycles. The molecule has 0 atom stereocenters. The predicted octanol–water partition coefficient (Wildman–Crippen LogP) is 2.13. The van der Waals surface area contributed by atoms with Gasteiger partial charge in [0.05, 0.1) is 13.5 Å². The molecule has 2 amide bonds. The summed E-state index contributed by atoms with van der Waals surface area (Å²) in [4.78, 5) is 22.2. The van der Waals surface area contributed by atoms with Gasteiger partial charge in [0, 0.05) is 16.7 Å².